The lowest BCUT2D eigenvalue weighted by atomic mass is 10.2. The van der Waals surface area contributed by atoms with Crippen LogP contribution in [-0.4, -0.2) is 19.2 Å². The van der Waals surface area contributed by atoms with Gasteiger partial charge in [0.15, 0.2) is 0 Å². The fourth-order valence-electron chi connectivity index (χ4n) is 1.87. The fraction of sp³-hybridized carbons (Fsp3) is 0.214. The molecule has 7 heteroatoms. The van der Waals surface area contributed by atoms with Gasteiger partial charge in [0.05, 0.1) is 22.3 Å². The molecule has 4 nitrogen and oxygen atoms in total. The normalized spacial score (nSPS) is 13.1. The van der Waals surface area contributed by atoms with E-state index in [1.165, 1.54) is 12.1 Å². The summed E-state index contributed by atoms with van der Waals surface area (Å²) in [5.41, 5.74) is 0.817. The van der Waals surface area contributed by atoms with E-state index in [2.05, 4.69) is 10.3 Å². The van der Waals surface area contributed by atoms with E-state index in [4.69, 9.17) is 0 Å². The van der Waals surface area contributed by atoms with Crippen LogP contribution >= 0.6 is 0 Å². The molecule has 1 heterocycles. The average molecular weight is 312 g/mol. The van der Waals surface area contributed by atoms with Crippen LogP contribution in [0.3, 0.4) is 0 Å². The molecule has 0 aliphatic heterocycles. The predicted molar refractivity (Wildman–Crippen MR) is 75.9 cm³/mol. The molecule has 0 bridgehead atoms. The quantitative estimate of drug-likeness (QED) is 0.920. The van der Waals surface area contributed by atoms with Crippen LogP contribution in [0.2, 0.25) is 0 Å². The molecule has 1 atom stereocenters. The van der Waals surface area contributed by atoms with Gasteiger partial charge in [-0.15, -0.1) is 0 Å². The van der Waals surface area contributed by atoms with Crippen molar-refractivity contribution in [1.29, 1.82) is 0 Å². The third-order valence-corrected chi connectivity index (χ3v) is 4.37. The number of anilines is 1. The first-order chi connectivity index (χ1) is 9.93. The topological polar surface area (TPSA) is 59.1 Å². The number of hydrogen-bond donors (Lipinski definition) is 1. The molecule has 1 unspecified atom stereocenters. The maximum Gasteiger partial charge on any atom is 0.341 e. The Hall–Kier alpha value is -2.02. The molecule has 0 radical (unpaired) electrons. The summed E-state index contributed by atoms with van der Waals surface area (Å²) in [7, 11) is -4.65. The highest BCUT2D eigenvalue weighted by atomic mass is 32.2. The maximum atomic E-state index is 12.7. The van der Waals surface area contributed by atoms with Gasteiger partial charge >= 0.3 is 5.76 Å². The van der Waals surface area contributed by atoms with Crippen molar-refractivity contribution >= 4 is 15.5 Å². The first-order valence-electron chi connectivity index (χ1n) is 6.21. The lowest BCUT2D eigenvalue weighted by Crippen LogP contribution is -2.16. The number of hydrogen-bond acceptors (Lipinski definition) is 4. The molecule has 0 aliphatic rings. The van der Waals surface area contributed by atoms with Gasteiger partial charge in [-0.05, 0) is 31.2 Å². The van der Waals surface area contributed by atoms with Gasteiger partial charge in [0.25, 0.3) is 0 Å². The van der Waals surface area contributed by atoms with E-state index in [0.29, 0.717) is 5.69 Å². The van der Waals surface area contributed by atoms with E-state index >= 15 is 0 Å². The molecule has 0 saturated carbocycles. The van der Waals surface area contributed by atoms with Crippen molar-refractivity contribution < 1.29 is 17.2 Å². The van der Waals surface area contributed by atoms with Crippen LogP contribution in [0.25, 0.3) is 0 Å². The van der Waals surface area contributed by atoms with Gasteiger partial charge in [0.2, 0.25) is 9.84 Å². The molecule has 2 aromatic rings. The lowest BCUT2D eigenvalue weighted by Gasteiger charge is -2.17. The SMILES string of the molecule is CC(Nc1ccccc1S(=O)(=O)C(F)F)c1ccccn1. The number of halogens is 2. The van der Waals surface area contributed by atoms with Crippen molar-refractivity contribution in [2.45, 2.75) is 23.6 Å². The van der Waals surface area contributed by atoms with Gasteiger partial charge in [0, 0.05) is 6.20 Å². The van der Waals surface area contributed by atoms with Gasteiger partial charge in [-0.25, -0.2) is 8.42 Å². The van der Waals surface area contributed by atoms with Crippen molar-refractivity contribution in [2.75, 3.05) is 5.32 Å². The van der Waals surface area contributed by atoms with Crippen LogP contribution in [-0.2, 0) is 9.84 Å². The third-order valence-electron chi connectivity index (χ3n) is 2.93. The maximum absolute atomic E-state index is 12.7. The van der Waals surface area contributed by atoms with Gasteiger partial charge in [-0.2, -0.15) is 8.78 Å². The Morgan fingerprint density at radius 1 is 1.10 bits per heavy atom. The summed E-state index contributed by atoms with van der Waals surface area (Å²) in [6.07, 6.45) is 1.61. The molecular formula is C14H14F2N2O2S. The molecule has 1 aromatic heterocycles. The number of alkyl halides is 2. The summed E-state index contributed by atoms with van der Waals surface area (Å²) in [5, 5.41) is 2.91. The van der Waals surface area contributed by atoms with Crippen molar-refractivity contribution in [1.82, 2.24) is 4.98 Å². The minimum atomic E-state index is -4.65. The summed E-state index contributed by atoms with van der Waals surface area (Å²) < 4.78 is 48.8. The van der Waals surface area contributed by atoms with E-state index < -0.39 is 20.5 Å². The van der Waals surface area contributed by atoms with Crippen LogP contribution < -0.4 is 5.32 Å². The smallest absolute Gasteiger partial charge is 0.341 e. The number of nitrogens with one attached hydrogen (secondary N) is 1. The largest absolute Gasteiger partial charge is 0.376 e. The molecule has 1 N–H and O–H groups in total. The Labute approximate surface area is 121 Å². The highest BCUT2D eigenvalue weighted by molar-refractivity contribution is 7.91. The predicted octanol–water partition coefficient (Wildman–Crippen LogP) is 3.25. The number of aromatic nitrogens is 1. The monoisotopic (exact) mass is 312 g/mol. The molecule has 0 fully saturated rings. The summed E-state index contributed by atoms with van der Waals surface area (Å²) in [4.78, 5) is 3.73. The highest BCUT2D eigenvalue weighted by Gasteiger charge is 2.29. The zero-order valence-corrected chi connectivity index (χ0v) is 12.0. The molecular weight excluding hydrogens is 298 g/mol. The third kappa shape index (κ3) is 3.36. The minimum Gasteiger partial charge on any atom is -0.376 e. The first kappa shape index (κ1) is 15.4. The van der Waals surface area contributed by atoms with Gasteiger partial charge in [0.1, 0.15) is 0 Å². The molecule has 21 heavy (non-hydrogen) atoms. The molecule has 0 amide bonds. The van der Waals surface area contributed by atoms with Crippen molar-refractivity contribution in [2.24, 2.45) is 0 Å². The van der Waals surface area contributed by atoms with Gasteiger partial charge in [-0.3, -0.25) is 4.98 Å². The summed E-state index contributed by atoms with van der Waals surface area (Å²) in [5.74, 6) is -3.45. The minimum absolute atomic E-state index is 0.135. The summed E-state index contributed by atoms with van der Waals surface area (Å²) in [6, 6.07) is 10.6. The zero-order chi connectivity index (χ0) is 15.5. The molecule has 0 aliphatic carbocycles. The van der Waals surface area contributed by atoms with E-state index in [0.717, 1.165) is 6.07 Å². The van der Waals surface area contributed by atoms with E-state index in [1.807, 2.05) is 0 Å². The zero-order valence-electron chi connectivity index (χ0n) is 11.2. The standard InChI is InChI=1S/C14H14F2N2O2S/c1-10(11-6-4-5-9-17-11)18-12-7-2-3-8-13(12)21(19,20)14(15)16/h2-10,14,18H,1H3. The van der Waals surface area contributed by atoms with Crippen LogP contribution in [0.1, 0.15) is 18.7 Å². The molecule has 0 spiro atoms. The first-order valence-corrected chi connectivity index (χ1v) is 7.76. The van der Waals surface area contributed by atoms with E-state index in [9.17, 15) is 17.2 Å². The Kier molecular flexibility index (Phi) is 4.52. The average Bonchev–Trinajstić information content (AvgIpc) is 2.48. The van der Waals surface area contributed by atoms with Crippen molar-refractivity contribution in [3.63, 3.8) is 0 Å². The second-order valence-electron chi connectivity index (χ2n) is 4.42. The number of rotatable bonds is 5. The molecule has 2 rings (SSSR count). The van der Waals surface area contributed by atoms with Gasteiger partial charge in [-0.1, -0.05) is 18.2 Å². The van der Waals surface area contributed by atoms with Crippen molar-refractivity contribution in [3.8, 4) is 0 Å². The molecule has 112 valence electrons. The van der Waals surface area contributed by atoms with Crippen LogP contribution in [0.5, 0.6) is 0 Å². The summed E-state index contributed by atoms with van der Waals surface area (Å²) >= 11 is 0. The second-order valence-corrected chi connectivity index (χ2v) is 6.31. The molecule has 1 aromatic carbocycles. The second kappa shape index (κ2) is 6.17. The van der Waals surface area contributed by atoms with Crippen LogP contribution in [0.4, 0.5) is 14.5 Å². The fourth-order valence-corrected chi connectivity index (χ4v) is 2.76. The number of benzene rings is 1. The van der Waals surface area contributed by atoms with Crippen molar-refractivity contribution in [3.05, 3.63) is 54.4 Å². The Morgan fingerprint density at radius 3 is 2.38 bits per heavy atom. The Bertz CT molecular complexity index is 706. The highest BCUT2D eigenvalue weighted by Crippen LogP contribution is 2.28. The van der Waals surface area contributed by atoms with Crippen LogP contribution in [0, 0.1) is 0 Å². The summed E-state index contributed by atoms with van der Waals surface area (Å²) in [6.45, 7) is 1.77. The van der Waals surface area contributed by atoms with E-state index in [-0.39, 0.29) is 11.7 Å². The Morgan fingerprint density at radius 2 is 1.76 bits per heavy atom. The number of nitrogens with zero attached hydrogens (tertiary/aromatic N) is 1. The van der Waals surface area contributed by atoms with E-state index in [1.54, 1.807) is 37.4 Å². The number of para-hydroxylation sites is 1. The lowest BCUT2D eigenvalue weighted by molar-refractivity contribution is 0.235. The molecule has 0 saturated heterocycles. The Balaban J connectivity index is 2.34. The van der Waals surface area contributed by atoms with Crippen LogP contribution in [0.15, 0.2) is 53.6 Å². The number of pyridine rings is 1. The van der Waals surface area contributed by atoms with Gasteiger partial charge < -0.3 is 5.32 Å². The number of sulfone groups is 1.